The Labute approximate surface area is 164 Å². The van der Waals surface area contributed by atoms with Crippen molar-refractivity contribution in [3.05, 3.63) is 53.4 Å². The zero-order valence-corrected chi connectivity index (χ0v) is 16.4. The lowest BCUT2D eigenvalue weighted by Gasteiger charge is -2.38. The Balaban J connectivity index is 1.67. The number of carbonyl (C=O) groups excluding carboxylic acids is 2. The van der Waals surface area contributed by atoms with E-state index in [0.717, 1.165) is 30.6 Å². The summed E-state index contributed by atoms with van der Waals surface area (Å²) in [6.07, 6.45) is 9.53. The maximum atomic E-state index is 13.4. The highest BCUT2D eigenvalue weighted by molar-refractivity contribution is 6.01. The fourth-order valence-corrected chi connectivity index (χ4v) is 4.36. The number of methoxy groups -OCH3 is 1. The van der Waals surface area contributed by atoms with Crippen LogP contribution in [0.2, 0.25) is 0 Å². The lowest BCUT2D eigenvalue weighted by molar-refractivity contribution is 0.0600. The Morgan fingerprint density at radius 2 is 1.89 bits per heavy atom. The van der Waals surface area contributed by atoms with Crippen LogP contribution in [0.15, 0.2) is 42.2 Å². The summed E-state index contributed by atoms with van der Waals surface area (Å²) < 4.78 is 6.48. The molecule has 2 aromatic rings. The minimum atomic E-state index is -0.378. The molecule has 6 nitrogen and oxygen atoms in total. The van der Waals surface area contributed by atoms with Crippen LogP contribution in [0, 0.1) is 5.92 Å². The van der Waals surface area contributed by atoms with Gasteiger partial charge in [0.15, 0.2) is 0 Å². The third-order valence-corrected chi connectivity index (χ3v) is 5.77. The average molecular weight is 379 g/mol. The number of hydrogen-bond donors (Lipinski definition) is 0. The molecule has 1 aromatic heterocycles. The first-order valence-electron chi connectivity index (χ1n) is 9.83. The maximum absolute atomic E-state index is 13.4. The Morgan fingerprint density at radius 3 is 2.64 bits per heavy atom. The van der Waals surface area contributed by atoms with Crippen molar-refractivity contribution in [1.29, 1.82) is 0 Å². The van der Waals surface area contributed by atoms with Gasteiger partial charge in [0.25, 0.3) is 5.91 Å². The fourth-order valence-electron chi connectivity index (χ4n) is 4.36. The second-order valence-electron chi connectivity index (χ2n) is 7.46. The largest absolute Gasteiger partial charge is 0.465 e. The molecule has 2 aliphatic rings. The number of piperidine rings is 1. The van der Waals surface area contributed by atoms with E-state index in [-0.39, 0.29) is 11.9 Å². The predicted octanol–water partition coefficient (Wildman–Crippen LogP) is 3.79. The second kappa shape index (κ2) is 7.62. The van der Waals surface area contributed by atoms with Crippen LogP contribution >= 0.6 is 0 Å². The number of amides is 1. The van der Waals surface area contributed by atoms with Gasteiger partial charge in [-0.3, -0.25) is 9.48 Å². The molecule has 1 unspecified atom stereocenters. The molecule has 1 saturated heterocycles. The van der Waals surface area contributed by atoms with E-state index in [2.05, 4.69) is 11.2 Å². The van der Waals surface area contributed by atoms with Crippen molar-refractivity contribution >= 4 is 11.9 Å². The summed E-state index contributed by atoms with van der Waals surface area (Å²) in [5.41, 5.74) is 3.88. The van der Waals surface area contributed by atoms with Crippen LogP contribution < -0.4 is 0 Å². The topological polar surface area (TPSA) is 64.4 Å². The van der Waals surface area contributed by atoms with Crippen LogP contribution in [-0.2, 0) is 11.8 Å². The molecule has 0 radical (unpaired) electrons. The van der Waals surface area contributed by atoms with Crippen LogP contribution in [0.25, 0.3) is 11.3 Å². The van der Waals surface area contributed by atoms with Crippen LogP contribution in [0.4, 0.5) is 0 Å². The predicted molar refractivity (Wildman–Crippen MR) is 106 cm³/mol. The number of hydrogen-bond acceptors (Lipinski definition) is 4. The molecule has 1 atom stereocenters. The van der Waals surface area contributed by atoms with E-state index in [1.54, 1.807) is 23.0 Å². The molecule has 1 fully saturated rings. The first-order valence-corrected chi connectivity index (χ1v) is 9.83. The van der Waals surface area contributed by atoms with Crippen LogP contribution in [0.1, 0.15) is 52.8 Å². The third kappa shape index (κ3) is 3.23. The number of carbonyl (C=O) groups is 2. The van der Waals surface area contributed by atoms with Crippen molar-refractivity contribution in [2.24, 2.45) is 13.0 Å². The molecule has 1 aliphatic carbocycles. The van der Waals surface area contributed by atoms with E-state index in [1.165, 1.54) is 32.1 Å². The highest BCUT2D eigenvalue weighted by atomic mass is 16.5. The Bertz CT molecular complexity index is 927. The molecule has 1 aromatic carbocycles. The van der Waals surface area contributed by atoms with Gasteiger partial charge in [0.1, 0.15) is 0 Å². The Hall–Kier alpha value is -2.89. The summed E-state index contributed by atoms with van der Waals surface area (Å²) >= 11 is 0. The highest BCUT2D eigenvalue weighted by Crippen LogP contribution is 2.36. The van der Waals surface area contributed by atoms with Gasteiger partial charge in [0.05, 0.1) is 30.1 Å². The standard InChI is InChI=1S/C22H25N3O3/c1-24-20(16-9-11-17(12-10-16)22(27)28-2)18(14-23-24)21(26)25-13-5-7-15-6-3-4-8-19(15)25/h8-12,14-15H,3-7,13H2,1-2H3. The molecule has 2 heterocycles. The van der Waals surface area contributed by atoms with Gasteiger partial charge in [0, 0.05) is 24.9 Å². The van der Waals surface area contributed by atoms with Gasteiger partial charge in [-0.2, -0.15) is 5.10 Å². The van der Waals surface area contributed by atoms with Gasteiger partial charge in [-0.25, -0.2) is 4.79 Å². The lowest BCUT2D eigenvalue weighted by Crippen LogP contribution is -2.39. The van der Waals surface area contributed by atoms with Gasteiger partial charge >= 0.3 is 5.97 Å². The van der Waals surface area contributed by atoms with Crippen molar-refractivity contribution in [2.75, 3.05) is 13.7 Å². The summed E-state index contributed by atoms with van der Waals surface area (Å²) in [6, 6.07) is 7.09. The van der Waals surface area contributed by atoms with Crippen molar-refractivity contribution in [2.45, 2.75) is 32.1 Å². The van der Waals surface area contributed by atoms with E-state index in [4.69, 9.17) is 4.74 Å². The summed E-state index contributed by atoms with van der Waals surface area (Å²) in [5.74, 6) is 0.139. The quantitative estimate of drug-likeness (QED) is 0.761. The van der Waals surface area contributed by atoms with Crippen molar-refractivity contribution < 1.29 is 14.3 Å². The number of nitrogens with zero attached hydrogens (tertiary/aromatic N) is 3. The minimum Gasteiger partial charge on any atom is -0.465 e. The molecule has 28 heavy (non-hydrogen) atoms. The lowest BCUT2D eigenvalue weighted by atomic mass is 9.84. The number of benzene rings is 1. The zero-order chi connectivity index (χ0) is 19.7. The molecule has 1 amide bonds. The number of aryl methyl sites for hydroxylation is 1. The van der Waals surface area contributed by atoms with Gasteiger partial charge in [-0.05, 0) is 50.2 Å². The summed E-state index contributed by atoms with van der Waals surface area (Å²) in [5, 5.41) is 4.34. The molecule has 6 heteroatoms. The highest BCUT2D eigenvalue weighted by Gasteiger charge is 2.32. The first-order chi connectivity index (χ1) is 13.6. The summed E-state index contributed by atoms with van der Waals surface area (Å²) in [6.45, 7) is 0.761. The number of allylic oxidation sites excluding steroid dienone is 2. The molecule has 1 aliphatic heterocycles. The van der Waals surface area contributed by atoms with Gasteiger partial charge < -0.3 is 9.64 Å². The van der Waals surface area contributed by atoms with E-state index in [9.17, 15) is 9.59 Å². The molecule has 4 rings (SSSR count). The number of aromatic nitrogens is 2. The molecule has 0 N–H and O–H groups in total. The number of ether oxygens (including phenoxy) is 1. The molecule has 0 bridgehead atoms. The smallest absolute Gasteiger partial charge is 0.337 e. The number of rotatable bonds is 3. The monoisotopic (exact) mass is 379 g/mol. The number of likely N-dealkylation sites (tertiary alicyclic amines) is 1. The van der Waals surface area contributed by atoms with Crippen LogP contribution in [-0.4, -0.2) is 40.2 Å². The van der Waals surface area contributed by atoms with Gasteiger partial charge in [0.2, 0.25) is 0 Å². The molecular weight excluding hydrogens is 354 g/mol. The Morgan fingerprint density at radius 1 is 1.14 bits per heavy atom. The SMILES string of the molecule is COC(=O)c1ccc(-c2c(C(=O)N3CCCC4CCCC=C43)cnn2C)cc1. The molecule has 146 valence electrons. The number of esters is 1. The van der Waals surface area contributed by atoms with E-state index in [1.807, 2.05) is 24.1 Å². The average Bonchev–Trinajstić information content (AvgIpc) is 3.13. The van der Waals surface area contributed by atoms with Gasteiger partial charge in [-0.15, -0.1) is 0 Å². The van der Waals surface area contributed by atoms with E-state index < -0.39 is 0 Å². The summed E-state index contributed by atoms with van der Waals surface area (Å²) in [4.78, 5) is 27.1. The van der Waals surface area contributed by atoms with Gasteiger partial charge in [-0.1, -0.05) is 18.2 Å². The van der Waals surface area contributed by atoms with Crippen molar-refractivity contribution in [3.63, 3.8) is 0 Å². The van der Waals surface area contributed by atoms with Crippen LogP contribution in [0.3, 0.4) is 0 Å². The normalized spacial score (nSPS) is 19.0. The molecule has 0 spiro atoms. The fraction of sp³-hybridized carbons (Fsp3) is 0.409. The Kier molecular flexibility index (Phi) is 5.03. The molecule has 0 saturated carbocycles. The first kappa shape index (κ1) is 18.5. The van der Waals surface area contributed by atoms with E-state index >= 15 is 0 Å². The molecular formula is C22H25N3O3. The minimum absolute atomic E-state index is 0.0120. The summed E-state index contributed by atoms with van der Waals surface area (Å²) in [7, 11) is 3.19. The second-order valence-corrected chi connectivity index (χ2v) is 7.46. The van der Waals surface area contributed by atoms with E-state index in [0.29, 0.717) is 17.0 Å². The zero-order valence-electron chi connectivity index (χ0n) is 16.4. The third-order valence-electron chi connectivity index (χ3n) is 5.77. The number of fused-ring (bicyclic) bond motifs is 1. The van der Waals surface area contributed by atoms with Crippen molar-refractivity contribution in [1.82, 2.24) is 14.7 Å². The van der Waals surface area contributed by atoms with Crippen LogP contribution in [0.5, 0.6) is 0 Å². The maximum Gasteiger partial charge on any atom is 0.337 e. The van der Waals surface area contributed by atoms with Crippen molar-refractivity contribution in [3.8, 4) is 11.3 Å².